The molecule has 12 heteroatoms. The maximum absolute atomic E-state index is 12.6. The molecule has 0 fully saturated rings. The number of methoxy groups -OCH3 is 1. The van der Waals surface area contributed by atoms with Crippen molar-refractivity contribution in [2.75, 3.05) is 12.4 Å². The Morgan fingerprint density at radius 1 is 1.19 bits per heavy atom. The average Bonchev–Trinajstić information content (AvgIpc) is 3.27. The Morgan fingerprint density at radius 2 is 2.00 bits per heavy atom. The molecule has 5 rings (SSSR count). The molecule has 0 saturated heterocycles. The second kappa shape index (κ2) is 7.02. The number of nitrogens with zero attached hydrogens (tertiary/aromatic N) is 6. The molecule has 4 aromatic rings. The molecule has 2 N–H and O–H groups in total. The zero-order chi connectivity index (χ0) is 21.5. The van der Waals surface area contributed by atoms with Gasteiger partial charge >= 0.3 is 0 Å². The third kappa shape index (κ3) is 2.97. The van der Waals surface area contributed by atoms with Crippen LogP contribution in [0.4, 0.5) is 17.3 Å². The van der Waals surface area contributed by atoms with Gasteiger partial charge in [-0.2, -0.15) is 9.78 Å². The van der Waals surface area contributed by atoms with Crippen LogP contribution in [0, 0.1) is 10.1 Å². The largest absolute Gasteiger partial charge is 0.497 e. The lowest BCUT2D eigenvalue weighted by Gasteiger charge is -2.27. The number of benzene rings is 2. The van der Waals surface area contributed by atoms with E-state index < -0.39 is 16.5 Å². The van der Waals surface area contributed by atoms with Gasteiger partial charge in [-0.25, -0.2) is 5.10 Å². The van der Waals surface area contributed by atoms with E-state index >= 15 is 0 Å². The molecule has 0 unspecified atom stereocenters. The molecule has 12 nitrogen and oxygen atoms in total. The van der Waals surface area contributed by atoms with Gasteiger partial charge in [-0.1, -0.05) is 17.2 Å². The Morgan fingerprint density at radius 3 is 2.74 bits per heavy atom. The number of hydrogen-bond donors (Lipinski definition) is 2. The number of anilines is 2. The van der Waals surface area contributed by atoms with Gasteiger partial charge in [0.25, 0.3) is 11.2 Å². The van der Waals surface area contributed by atoms with Gasteiger partial charge in [-0.3, -0.25) is 14.9 Å². The van der Waals surface area contributed by atoms with E-state index in [0.29, 0.717) is 28.1 Å². The molecule has 31 heavy (non-hydrogen) atoms. The Hall–Kier alpha value is -4.61. The van der Waals surface area contributed by atoms with Crippen molar-refractivity contribution in [3.05, 3.63) is 80.1 Å². The van der Waals surface area contributed by atoms with E-state index in [9.17, 15) is 14.9 Å². The summed E-state index contributed by atoms with van der Waals surface area (Å²) in [5.41, 5.74) is 1.89. The first-order valence-electron chi connectivity index (χ1n) is 9.13. The number of tetrazole rings is 1. The average molecular weight is 418 g/mol. The number of hydrogen-bond acceptors (Lipinski definition) is 9. The van der Waals surface area contributed by atoms with Gasteiger partial charge < -0.3 is 10.1 Å². The van der Waals surface area contributed by atoms with Crippen LogP contribution in [0.1, 0.15) is 17.2 Å². The third-order valence-electron chi connectivity index (χ3n) is 5.03. The lowest BCUT2D eigenvalue weighted by molar-refractivity contribution is -0.384. The van der Waals surface area contributed by atoms with Crippen LogP contribution >= 0.6 is 0 Å². The summed E-state index contributed by atoms with van der Waals surface area (Å²) in [6.07, 6.45) is 0. The van der Waals surface area contributed by atoms with E-state index in [1.54, 1.807) is 43.5 Å². The van der Waals surface area contributed by atoms with Crippen LogP contribution in [-0.4, -0.2) is 42.4 Å². The number of nitrogens with one attached hydrogen (secondary N) is 2. The fourth-order valence-corrected chi connectivity index (χ4v) is 3.62. The van der Waals surface area contributed by atoms with Gasteiger partial charge in [0, 0.05) is 23.3 Å². The quantitative estimate of drug-likeness (QED) is 0.329. The highest BCUT2D eigenvalue weighted by Gasteiger charge is 2.34. The van der Waals surface area contributed by atoms with Crippen LogP contribution < -0.4 is 15.6 Å². The van der Waals surface area contributed by atoms with Crippen LogP contribution in [0.2, 0.25) is 0 Å². The molecule has 0 radical (unpaired) electrons. The molecule has 0 amide bonds. The second-order valence-electron chi connectivity index (χ2n) is 6.75. The summed E-state index contributed by atoms with van der Waals surface area (Å²) in [7, 11) is 1.57. The van der Waals surface area contributed by atoms with E-state index in [2.05, 4.69) is 31.0 Å². The number of nitro groups is 1. The number of H-pyrrole nitrogens is 1. The summed E-state index contributed by atoms with van der Waals surface area (Å²) >= 11 is 0. The zero-order valence-corrected chi connectivity index (χ0v) is 16.0. The standard InChI is InChI=1S/C19H14N8O4/c1-31-13-7-5-10(6-8-13)15-14-16(18(28)22-21-15)20-19-23-24-25-26(19)17(14)11-3-2-4-12(9-11)27(29)30/h2-9,17H,1H3,(H,22,28)(H,20,23,25)/t17-/m0/s1. The lowest BCUT2D eigenvalue weighted by atomic mass is 9.92. The normalized spacial score (nSPS) is 14.3. The number of aromatic nitrogens is 6. The first-order chi connectivity index (χ1) is 15.1. The van der Waals surface area contributed by atoms with Crippen molar-refractivity contribution >= 4 is 17.3 Å². The molecule has 0 bridgehead atoms. The summed E-state index contributed by atoms with van der Waals surface area (Å²) in [6.45, 7) is 0. The molecular weight excluding hydrogens is 404 g/mol. The van der Waals surface area contributed by atoms with Gasteiger partial charge in [0.2, 0.25) is 5.95 Å². The van der Waals surface area contributed by atoms with Crippen LogP contribution in [0.5, 0.6) is 5.75 Å². The number of non-ortho nitro benzene ring substituents is 1. The predicted octanol–water partition coefficient (Wildman–Crippen LogP) is 2.03. The summed E-state index contributed by atoms with van der Waals surface area (Å²) in [4.78, 5) is 23.5. The number of aromatic amines is 1. The Kier molecular flexibility index (Phi) is 4.17. The maximum atomic E-state index is 12.6. The first-order valence-corrected chi connectivity index (χ1v) is 9.13. The smallest absolute Gasteiger partial charge is 0.288 e. The Balaban J connectivity index is 1.78. The Bertz CT molecular complexity index is 1360. The van der Waals surface area contributed by atoms with Crippen molar-refractivity contribution in [1.29, 1.82) is 0 Å². The van der Waals surface area contributed by atoms with Crippen molar-refractivity contribution in [3.63, 3.8) is 0 Å². The van der Waals surface area contributed by atoms with Crippen molar-refractivity contribution < 1.29 is 9.66 Å². The minimum atomic E-state index is -0.715. The van der Waals surface area contributed by atoms with Gasteiger partial charge in [-0.05, 0) is 40.3 Å². The van der Waals surface area contributed by atoms with Gasteiger partial charge in [0.05, 0.1) is 17.7 Å². The van der Waals surface area contributed by atoms with E-state index in [1.165, 1.54) is 16.8 Å². The molecule has 1 aliphatic heterocycles. The third-order valence-corrected chi connectivity index (χ3v) is 5.03. The number of ether oxygens (including phenoxy) is 1. The molecule has 0 saturated carbocycles. The maximum Gasteiger partial charge on any atom is 0.288 e. The second-order valence-corrected chi connectivity index (χ2v) is 6.75. The predicted molar refractivity (Wildman–Crippen MR) is 108 cm³/mol. The van der Waals surface area contributed by atoms with Crippen molar-refractivity contribution in [2.45, 2.75) is 6.04 Å². The van der Waals surface area contributed by atoms with Crippen molar-refractivity contribution in [3.8, 4) is 17.0 Å². The molecule has 2 aromatic heterocycles. The summed E-state index contributed by atoms with van der Waals surface area (Å²) in [5.74, 6) is 0.902. The molecule has 1 aliphatic rings. The van der Waals surface area contributed by atoms with Gasteiger partial charge in [-0.15, -0.1) is 0 Å². The van der Waals surface area contributed by atoms with E-state index in [4.69, 9.17) is 4.74 Å². The van der Waals surface area contributed by atoms with Crippen molar-refractivity contribution in [2.24, 2.45) is 0 Å². The van der Waals surface area contributed by atoms with Crippen LogP contribution in [-0.2, 0) is 0 Å². The fourth-order valence-electron chi connectivity index (χ4n) is 3.62. The fraction of sp³-hybridized carbons (Fsp3) is 0.105. The number of nitro benzene ring substituents is 1. The molecule has 0 spiro atoms. The van der Waals surface area contributed by atoms with E-state index in [0.717, 1.165) is 0 Å². The highest BCUT2D eigenvalue weighted by molar-refractivity contribution is 5.75. The summed E-state index contributed by atoms with van der Waals surface area (Å²) < 4.78 is 6.68. The number of rotatable bonds is 4. The van der Waals surface area contributed by atoms with E-state index in [-0.39, 0.29) is 17.3 Å². The molecule has 3 heterocycles. The zero-order valence-electron chi connectivity index (χ0n) is 16.0. The van der Waals surface area contributed by atoms with Crippen LogP contribution in [0.15, 0.2) is 53.3 Å². The molecule has 2 aromatic carbocycles. The number of fused-ring (bicyclic) bond motifs is 2. The van der Waals surface area contributed by atoms with Crippen LogP contribution in [0.3, 0.4) is 0 Å². The topological polar surface area (TPSA) is 154 Å². The van der Waals surface area contributed by atoms with Gasteiger partial charge in [0.1, 0.15) is 17.5 Å². The molecule has 0 aliphatic carbocycles. The van der Waals surface area contributed by atoms with Crippen molar-refractivity contribution in [1.82, 2.24) is 30.4 Å². The molecule has 1 atom stereocenters. The minimum absolute atomic E-state index is 0.0870. The molecule has 154 valence electrons. The highest BCUT2D eigenvalue weighted by Crippen LogP contribution is 2.41. The first kappa shape index (κ1) is 18.4. The Labute approximate surface area is 173 Å². The molecular formula is C19H14N8O4. The van der Waals surface area contributed by atoms with E-state index in [1.807, 2.05) is 0 Å². The SMILES string of the molecule is COc1ccc(-c2n[nH]c(=O)c3c2[C@H](c2cccc([N+](=O)[O-])c2)n2nnnc2N3)cc1. The monoisotopic (exact) mass is 418 g/mol. The summed E-state index contributed by atoms with van der Waals surface area (Å²) in [6, 6.07) is 12.6. The van der Waals surface area contributed by atoms with Crippen LogP contribution in [0.25, 0.3) is 11.3 Å². The summed E-state index contributed by atoms with van der Waals surface area (Å²) in [5, 5.41) is 32.7. The van der Waals surface area contributed by atoms with Gasteiger partial charge in [0.15, 0.2) is 0 Å². The minimum Gasteiger partial charge on any atom is -0.497 e. The lowest BCUT2D eigenvalue weighted by Crippen LogP contribution is -2.29. The highest BCUT2D eigenvalue weighted by atomic mass is 16.6.